The fourth-order valence-corrected chi connectivity index (χ4v) is 2.67. The minimum atomic E-state index is -0.752. The molecule has 0 saturated heterocycles. The first-order valence-electron chi connectivity index (χ1n) is 8.29. The third kappa shape index (κ3) is 3.48. The van der Waals surface area contributed by atoms with Crippen LogP contribution in [-0.2, 0) is 4.74 Å². The molecule has 0 spiro atoms. The Morgan fingerprint density at radius 3 is 2.50 bits per heavy atom. The number of phenolic OH excluding ortho intramolecular Hbond substituents is 1. The fraction of sp³-hybridized carbons (Fsp3) is 0.100. The first-order chi connectivity index (χ1) is 13.4. The number of aromatic nitrogens is 2. The minimum absolute atomic E-state index is 0.0117. The predicted molar refractivity (Wildman–Crippen MR) is 103 cm³/mol. The van der Waals surface area contributed by atoms with Crippen molar-refractivity contribution in [2.24, 2.45) is 4.99 Å². The summed E-state index contributed by atoms with van der Waals surface area (Å²) < 4.78 is 5.92. The van der Waals surface area contributed by atoms with E-state index in [0.29, 0.717) is 5.69 Å². The molecule has 0 amide bonds. The van der Waals surface area contributed by atoms with Crippen LogP contribution in [0.2, 0.25) is 0 Å². The Morgan fingerprint density at radius 2 is 1.86 bits per heavy atom. The van der Waals surface area contributed by atoms with E-state index in [-0.39, 0.29) is 34.0 Å². The SMILES string of the molecule is COC(=O)c1[nH]n(-c2ccccc2)c(=O)c1C=Nc1c(O)cccc1C(C)=O. The number of hydrogen-bond acceptors (Lipinski definition) is 6. The standard InChI is InChI=1S/C20H17N3O5/c1-12(24)14-9-6-10-16(25)17(14)21-11-15-18(20(27)28-2)22-23(19(15)26)13-7-4-3-5-8-13/h3-11,22,25H,1-2H3. The lowest BCUT2D eigenvalue weighted by atomic mass is 10.1. The average molecular weight is 379 g/mol. The lowest BCUT2D eigenvalue weighted by Gasteiger charge is -2.03. The first-order valence-corrected chi connectivity index (χ1v) is 8.29. The van der Waals surface area contributed by atoms with Crippen LogP contribution in [0.3, 0.4) is 0 Å². The van der Waals surface area contributed by atoms with Crippen LogP contribution in [0.1, 0.15) is 33.3 Å². The Labute approximate surface area is 159 Å². The molecule has 2 N–H and O–H groups in total. The zero-order valence-corrected chi connectivity index (χ0v) is 15.2. The lowest BCUT2D eigenvalue weighted by Crippen LogP contribution is -2.17. The van der Waals surface area contributed by atoms with Crippen LogP contribution in [0.25, 0.3) is 5.69 Å². The second-order valence-electron chi connectivity index (χ2n) is 5.86. The molecule has 0 atom stereocenters. The number of phenols is 1. The van der Waals surface area contributed by atoms with Crippen molar-refractivity contribution in [1.29, 1.82) is 0 Å². The summed E-state index contributed by atoms with van der Waals surface area (Å²) in [5.41, 5.74) is 0.0280. The maximum atomic E-state index is 12.8. The molecule has 0 fully saturated rings. The van der Waals surface area contributed by atoms with Crippen LogP contribution in [-0.4, -0.2) is 40.0 Å². The van der Waals surface area contributed by atoms with Gasteiger partial charge in [0, 0.05) is 11.8 Å². The van der Waals surface area contributed by atoms with Crippen LogP contribution in [0.4, 0.5) is 5.69 Å². The molecule has 1 heterocycles. The van der Waals surface area contributed by atoms with E-state index in [9.17, 15) is 19.5 Å². The topological polar surface area (TPSA) is 114 Å². The highest BCUT2D eigenvalue weighted by molar-refractivity contribution is 6.02. The van der Waals surface area contributed by atoms with Crippen LogP contribution in [0, 0.1) is 0 Å². The average Bonchev–Trinajstić information content (AvgIpc) is 3.03. The number of carbonyl (C=O) groups excluding carboxylic acids is 2. The Kier molecular flexibility index (Phi) is 5.21. The number of aliphatic imine (C=N–C) groups is 1. The van der Waals surface area contributed by atoms with Crippen molar-refractivity contribution in [2.75, 3.05) is 7.11 Å². The zero-order chi connectivity index (χ0) is 20.3. The molecule has 0 aliphatic rings. The molecule has 28 heavy (non-hydrogen) atoms. The van der Waals surface area contributed by atoms with Crippen molar-refractivity contribution in [1.82, 2.24) is 9.78 Å². The number of methoxy groups -OCH3 is 1. The van der Waals surface area contributed by atoms with E-state index in [2.05, 4.69) is 10.1 Å². The molecular weight excluding hydrogens is 362 g/mol. The summed E-state index contributed by atoms with van der Waals surface area (Å²) in [6.45, 7) is 1.34. The van der Waals surface area contributed by atoms with Gasteiger partial charge in [-0.25, -0.2) is 9.48 Å². The van der Waals surface area contributed by atoms with Gasteiger partial charge in [-0.3, -0.25) is 19.7 Å². The number of aromatic amines is 1. The highest BCUT2D eigenvalue weighted by Crippen LogP contribution is 2.30. The number of nitrogens with zero attached hydrogens (tertiary/aromatic N) is 2. The summed E-state index contributed by atoms with van der Waals surface area (Å²) in [4.78, 5) is 40.8. The fourth-order valence-electron chi connectivity index (χ4n) is 2.67. The smallest absolute Gasteiger partial charge is 0.356 e. The highest BCUT2D eigenvalue weighted by Gasteiger charge is 2.21. The first kappa shape index (κ1) is 18.8. The third-order valence-electron chi connectivity index (χ3n) is 4.05. The summed E-state index contributed by atoms with van der Waals surface area (Å²) in [5.74, 6) is -1.27. The van der Waals surface area contributed by atoms with Gasteiger partial charge in [0.25, 0.3) is 5.56 Å². The molecule has 0 radical (unpaired) electrons. The van der Waals surface area contributed by atoms with E-state index in [1.54, 1.807) is 30.3 Å². The Hall–Kier alpha value is -3.94. The number of hydrogen-bond donors (Lipinski definition) is 2. The third-order valence-corrected chi connectivity index (χ3v) is 4.05. The molecule has 0 aliphatic heterocycles. The number of para-hydroxylation sites is 2. The van der Waals surface area contributed by atoms with Gasteiger partial charge in [-0.1, -0.05) is 24.3 Å². The zero-order valence-electron chi connectivity index (χ0n) is 15.2. The van der Waals surface area contributed by atoms with E-state index >= 15 is 0 Å². The number of esters is 1. The summed E-state index contributed by atoms with van der Waals surface area (Å²) in [6, 6.07) is 13.1. The molecule has 3 rings (SSSR count). The summed E-state index contributed by atoms with van der Waals surface area (Å²) >= 11 is 0. The van der Waals surface area contributed by atoms with Crippen LogP contribution >= 0.6 is 0 Å². The molecule has 0 bridgehead atoms. The van der Waals surface area contributed by atoms with Crippen LogP contribution in [0.15, 0.2) is 58.3 Å². The van der Waals surface area contributed by atoms with Gasteiger partial charge in [-0.05, 0) is 31.2 Å². The molecule has 2 aromatic carbocycles. The molecule has 8 nitrogen and oxygen atoms in total. The number of benzene rings is 2. The van der Waals surface area contributed by atoms with Gasteiger partial charge in [-0.15, -0.1) is 0 Å². The van der Waals surface area contributed by atoms with Crippen LogP contribution in [0.5, 0.6) is 5.75 Å². The molecule has 0 saturated carbocycles. The van der Waals surface area contributed by atoms with E-state index in [4.69, 9.17) is 4.74 Å². The molecule has 8 heteroatoms. The number of ketones is 1. The van der Waals surface area contributed by atoms with Crippen molar-refractivity contribution in [3.8, 4) is 11.4 Å². The largest absolute Gasteiger partial charge is 0.506 e. The van der Waals surface area contributed by atoms with Crippen LogP contribution < -0.4 is 5.56 Å². The van der Waals surface area contributed by atoms with Gasteiger partial charge in [-0.2, -0.15) is 0 Å². The van der Waals surface area contributed by atoms with Crippen molar-refractivity contribution in [3.05, 3.63) is 75.7 Å². The quantitative estimate of drug-likeness (QED) is 0.402. The maximum absolute atomic E-state index is 12.8. The number of carbonyl (C=O) groups is 2. The Morgan fingerprint density at radius 1 is 1.14 bits per heavy atom. The molecule has 0 aliphatic carbocycles. The number of nitrogens with one attached hydrogen (secondary N) is 1. The summed E-state index contributed by atoms with van der Waals surface area (Å²) in [6.07, 6.45) is 1.13. The number of rotatable bonds is 5. The van der Waals surface area contributed by atoms with Gasteiger partial charge in [0.05, 0.1) is 18.4 Å². The van der Waals surface area contributed by atoms with Gasteiger partial charge in [0.15, 0.2) is 11.5 Å². The number of aromatic hydroxyl groups is 1. The van der Waals surface area contributed by atoms with E-state index < -0.39 is 11.5 Å². The minimum Gasteiger partial charge on any atom is -0.506 e. The maximum Gasteiger partial charge on any atom is 0.356 e. The normalized spacial score (nSPS) is 10.9. The lowest BCUT2D eigenvalue weighted by molar-refractivity contribution is 0.0593. The number of ether oxygens (including phenoxy) is 1. The van der Waals surface area contributed by atoms with E-state index in [1.807, 2.05) is 0 Å². The Balaban J connectivity index is 2.16. The number of Topliss-reactive ketones (excluding diaryl/α,β-unsaturated/α-hetero) is 1. The van der Waals surface area contributed by atoms with Crippen molar-refractivity contribution in [2.45, 2.75) is 6.92 Å². The second kappa shape index (κ2) is 7.75. The second-order valence-corrected chi connectivity index (χ2v) is 5.86. The van der Waals surface area contributed by atoms with Crippen molar-refractivity contribution < 1.29 is 19.4 Å². The predicted octanol–water partition coefficient (Wildman–Crippen LogP) is 2.61. The molecular formula is C20H17N3O5. The molecule has 0 unspecified atom stereocenters. The summed E-state index contributed by atoms with van der Waals surface area (Å²) in [7, 11) is 1.19. The van der Waals surface area contributed by atoms with Gasteiger partial charge in [0.1, 0.15) is 11.4 Å². The van der Waals surface area contributed by atoms with Gasteiger partial charge < -0.3 is 9.84 Å². The Bertz CT molecular complexity index is 1130. The van der Waals surface area contributed by atoms with Gasteiger partial charge in [0.2, 0.25) is 0 Å². The number of H-pyrrole nitrogens is 1. The van der Waals surface area contributed by atoms with Gasteiger partial charge >= 0.3 is 5.97 Å². The van der Waals surface area contributed by atoms with Crippen molar-refractivity contribution >= 4 is 23.7 Å². The summed E-state index contributed by atoms with van der Waals surface area (Å²) in [5, 5.41) is 12.8. The van der Waals surface area contributed by atoms with E-state index in [0.717, 1.165) is 6.21 Å². The molecule has 142 valence electrons. The van der Waals surface area contributed by atoms with E-state index in [1.165, 1.54) is 36.9 Å². The highest BCUT2D eigenvalue weighted by atomic mass is 16.5. The van der Waals surface area contributed by atoms with Crippen molar-refractivity contribution in [3.63, 3.8) is 0 Å². The molecule has 1 aromatic heterocycles. The molecule has 3 aromatic rings. The monoisotopic (exact) mass is 379 g/mol.